The highest BCUT2D eigenvalue weighted by molar-refractivity contribution is 7.11. The van der Waals surface area contributed by atoms with Gasteiger partial charge in [-0.3, -0.25) is 4.99 Å². The van der Waals surface area contributed by atoms with Gasteiger partial charge in [-0.15, -0.1) is 17.8 Å². The van der Waals surface area contributed by atoms with Crippen molar-refractivity contribution in [3.63, 3.8) is 0 Å². The molecule has 2 aromatic heterocycles. The quantitative estimate of drug-likeness (QED) is 0.354. The van der Waals surface area contributed by atoms with Crippen molar-refractivity contribution in [1.29, 1.82) is 0 Å². The second kappa shape index (κ2) is 9.71. The van der Waals surface area contributed by atoms with E-state index in [1.54, 1.807) is 11.6 Å². The standard InChI is InChI=1S/C24H20ClF3N6OS/c1-2-6-29-12-24(35)11-18-19(17-5-8-34(32-17)23(27)28)20(15-4-3-14(26)10-16(15)25)31-21(33(18)13-24)22-30-7-9-36-22/h1,3-5,7-10,20,23,29,35H,6,11-13H2/t20-,24+/m0/s1. The van der Waals surface area contributed by atoms with Crippen LogP contribution in [0.5, 0.6) is 0 Å². The number of rotatable bonds is 7. The number of aliphatic imine (C=N–C) groups is 1. The number of hydrogen-bond donors (Lipinski definition) is 2. The molecule has 0 unspecified atom stereocenters. The minimum Gasteiger partial charge on any atom is -0.386 e. The van der Waals surface area contributed by atoms with Crippen molar-refractivity contribution in [2.75, 3.05) is 19.6 Å². The maximum absolute atomic E-state index is 13.9. The van der Waals surface area contributed by atoms with Crippen molar-refractivity contribution < 1.29 is 18.3 Å². The third kappa shape index (κ3) is 4.53. The third-order valence-corrected chi connectivity index (χ3v) is 7.11. The first-order chi connectivity index (χ1) is 17.3. The highest BCUT2D eigenvalue weighted by Gasteiger charge is 2.47. The molecule has 1 aromatic carbocycles. The summed E-state index contributed by atoms with van der Waals surface area (Å²) in [5.74, 6) is 2.46. The second-order valence-electron chi connectivity index (χ2n) is 8.47. The van der Waals surface area contributed by atoms with Gasteiger partial charge >= 0.3 is 6.55 Å². The molecule has 1 saturated heterocycles. The Bertz CT molecular complexity index is 1380. The molecule has 0 radical (unpaired) electrons. The molecule has 36 heavy (non-hydrogen) atoms. The van der Waals surface area contributed by atoms with Crippen molar-refractivity contribution in [2.45, 2.75) is 24.6 Å². The number of amidine groups is 1. The van der Waals surface area contributed by atoms with Crippen LogP contribution in [0.4, 0.5) is 13.2 Å². The summed E-state index contributed by atoms with van der Waals surface area (Å²) in [6.45, 7) is -2.20. The van der Waals surface area contributed by atoms with Crippen LogP contribution in [0.25, 0.3) is 5.57 Å². The summed E-state index contributed by atoms with van der Waals surface area (Å²) in [5.41, 5.74) is 0.633. The number of benzene rings is 1. The largest absolute Gasteiger partial charge is 0.386 e. The van der Waals surface area contributed by atoms with Gasteiger partial charge in [-0.2, -0.15) is 13.9 Å². The van der Waals surface area contributed by atoms with E-state index >= 15 is 0 Å². The fourth-order valence-electron chi connectivity index (χ4n) is 4.53. The van der Waals surface area contributed by atoms with E-state index in [0.29, 0.717) is 32.4 Å². The van der Waals surface area contributed by atoms with E-state index in [2.05, 4.69) is 21.3 Å². The third-order valence-electron chi connectivity index (χ3n) is 6.01. The van der Waals surface area contributed by atoms with Gasteiger partial charge < -0.3 is 15.3 Å². The molecule has 0 spiro atoms. The minimum absolute atomic E-state index is 0.131. The summed E-state index contributed by atoms with van der Waals surface area (Å²) in [7, 11) is 0. The molecule has 12 heteroatoms. The Hall–Kier alpha value is -3.17. The molecule has 1 fully saturated rings. The average molecular weight is 533 g/mol. The zero-order valence-electron chi connectivity index (χ0n) is 18.7. The molecule has 2 aliphatic heterocycles. The van der Waals surface area contributed by atoms with Crippen LogP contribution in [0.2, 0.25) is 5.02 Å². The lowest BCUT2D eigenvalue weighted by atomic mass is 9.91. The van der Waals surface area contributed by atoms with Gasteiger partial charge in [0, 0.05) is 52.6 Å². The first-order valence-electron chi connectivity index (χ1n) is 10.9. The van der Waals surface area contributed by atoms with Crippen LogP contribution < -0.4 is 5.32 Å². The number of fused-ring (bicyclic) bond motifs is 1. The van der Waals surface area contributed by atoms with E-state index in [9.17, 15) is 18.3 Å². The number of halogens is 4. The van der Waals surface area contributed by atoms with Gasteiger partial charge in [-0.1, -0.05) is 23.6 Å². The lowest BCUT2D eigenvalue weighted by Crippen LogP contribution is -2.44. The molecule has 2 aliphatic rings. The van der Waals surface area contributed by atoms with Crippen LogP contribution in [-0.2, 0) is 0 Å². The summed E-state index contributed by atoms with van der Waals surface area (Å²) in [6.07, 6.45) is 8.33. The van der Waals surface area contributed by atoms with Crippen LogP contribution in [-0.4, -0.2) is 55.8 Å². The van der Waals surface area contributed by atoms with E-state index in [4.69, 9.17) is 23.0 Å². The molecular formula is C24H20ClF3N6OS. The Morgan fingerprint density at radius 1 is 1.36 bits per heavy atom. The molecule has 2 N–H and O–H groups in total. The van der Waals surface area contributed by atoms with Crippen molar-refractivity contribution >= 4 is 34.3 Å². The molecular weight excluding hydrogens is 513 g/mol. The number of aliphatic hydroxyl groups is 1. The zero-order chi connectivity index (χ0) is 25.4. The SMILES string of the molecule is C#CCNC[C@]1(O)CC2=C(c3ccn(C(F)F)n3)[C@H](c3ccc(F)cc3Cl)N=C(c3nccs3)N2C1. The summed E-state index contributed by atoms with van der Waals surface area (Å²) < 4.78 is 41.2. The first-order valence-corrected chi connectivity index (χ1v) is 12.2. The Balaban J connectivity index is 1.70. The maximum Gasteiger partial charge on any atom is 0.333 e. The Kier molecular flexibility index (Phi) is 6.61. The Morgan fingerprint density at radius 2 is 2.19 bits per heavy atom. The first kappa shape index (κ1) is 24.5. The van der Waals surface area contributed by atoms with E-state index in [-0.39, 0.29) is 36.8 Å². The molecule has 4 heterocycles. The monoisotopic (exact) mass is 532 g/mol. The number of thiazole rings is 1. The highest BCUT2D eigenvalue weighted by atomic mass is 35.5. The topological polar surface area (TPSA) is 78.6 Å². The molecule has 186 valence electrons. The second-order valence-corrected chi connectivity index (χ2v) is 9.77. The maximum atomic E-state index is 13.9. The smallest absolute Gasteiger partial charge is 0.333 e. The average Bonchev–Trinajstić information content (AvgIpc) is 3.58. The van der Waals surface area contributed by atoms with E-state index in [1.807, 2.05) is 4.90 Å². The molecule has 2 atom stereocenters. The van der Waals surface area contributed by atoms with Crippen molar-refractivity contribution in [3.05, 3.63) is 74.8 Å². The molecule has 0 aliphatic carbocycles. The van der Waals surface area contributed by atoms with Crippen LogP contribution in [0.15, 0.2) is 52.7 Å². The molecule has 5 rings (SSSR count). The molecule has 0 amide bonds. The van der Waals surface area contributed by atoms with E-state index in [1.165, 1.54) is 41.8 Å². The number of aromatic nitrogens is 3. The van der Waals surface area contributed by atoms with Crippen molar-refractivity contribution in [2.24, 2.45) is 4.99 Å². The fourth-order valence-corrected chi connectivity index (χ4v) is 5.44. The van der Waals surface area contributed by atoms with Gasteiger partial charge in [0.15, 0.2) is 10.8 Å². The van der Waals surface area contributed by atoms with Crippen LogP contribution in [0.3, 0.4) is 0 Å². The predicted octanol–water partition coefficient (Wildman–Crippen LogP) is 4.10. The van der Waals surface area contributed by atoms with Gasteiger partial charge in [-0.05, 0) is 18.2 Å². The Morgan fingerprint density at radius 3 is 2.86 bits per heavy atom. The van der Waals surface area contributed by atoms with Gasteiger partial charge in [0.25, 0.3) is 0 Å². The summed E-state index contributed by atoms with van der Waals surface area (Å²) in [4.78, 5) is 11.2. The minimum atomic E-state index is -2.83. The summed E-state index contributed by atoms with van der Waals surface area (Å²) in [5, 5.41) is 21.1. The van der Waals surface area contributed by atoms with Gasteiger partial charge in [0.2, 0.25) is 0 Å². The normalized spacial score (nSPS) is 21.6. The molecule has 3 aromatic rings. The highest BCUT2D eigenvalue weighted by Crippen LogP contribution is 2.48. The summed E-state index contributed by atoms with van der Waals surface area (Å²) in [6, 6.07) is 4.62. The number of alkyl halides is 2. The number of nitrogens with one attached hydrogen (secondary N) is 1. The number of terminal acetylenes is 1. The van der Waals surface area contributed by atoms with Crippen LogP contribution in [0, 0.1) is 18.2 Å². The van der Waals surface area contributed by atoms with Gasteiger partial charge in [0.05, 0.1) is 18.8 Å². The predicted molar refractivity (Wildman–Crippen MR) is 131 cm³/mol. The fraction of sp³-hybridized carbons (Fsp3) is 0.292. The van der Waals surface area contributed by atoms with E-state index in [0.717, 1.165) is 0 Å². The lowest BCUT2D eigenvalue weighted by Gasteiger charge is -2.32. The molecule has 7 nitrogen and oxygen atoms in total. The lowest BCUT2D eigenvalue weighted by molar-refractivity contribution is 0.0561. The number of nitrogens with zero attached hydrogens (tertiary/aromatic N) is 5. The molecule has 0 bridgehead atoms. The van der Waals surface area contributed by atoms with E-state index < -0.39 is 24.0 Å². The van der Waals surface area contributed by atoms with Crippen molar-refractivity contribution in [1.82, 2.24) is 25.0 Å². The van der Waals surface area contributed by atoms with Crippen LogP contribution >= 0.6 is 22.9 Å². The van der Waals surface area contributed by atoms with Gasteiger partial charge in [-0.25, -0.2) is 14.1 Å². The van der Waals surface area contributed by atoms with Gasteiger partial charge in [0.1, 0.15) is 17.5 Å². The van der Waals surface area contributed by atoms with Crippen molar-refractivity contribution in [3.8, 4) is 12.3 Å². The summed E-state index contributed by atoms with van der Waals surface area (Å²) >= 11 is 7.81. The van der Waals surface area contributed by atoms with Crippen LogP contribution in [0.1, 0.15) is 35.3 Å². The molecule has 0 saturated carbocycles. The zero-order valence-corrected chi connectivity index (χ0v) is 20.3. The number of hydrogen-bond acceptors (Lipinski definition) is 7. The Labute approximate surface area is 213 Å².